The van der Waals surface area contributed by atoms with Crippen LogP contribution in [0.5, 0.6) is 0 Å². The third-order valence-electron chi connectivity index (χ3n) is 15.4. The summed E-state index contributed by atoms with van der Waals surface area (Å²) in [6.45, 7) is 6.56. The molecule has 80 heavy (non-hydrogen) atoms. The summed E-state index contributed by atoms with van der Waals surface area (Å²) in [6.07, 6.45) is 89.4. The highest BCUT2D eigenvalue weighted by Gasteiger charge is 2.19. The SMILES string of the molecule is CC/C=C\C/C=C\C/C=C\C/C=C\C/C=C\CCCCCCCCCCCC(=O)OC(COC(=O)CCCCCCCCCCCC)COC(=O)CCCCCCCCCCCCCCCCC/C=C\CCCCCCCCCC. The lowest BCUT2D eigenvalue weighted by atomic mass is 10.0. The summed E-state index contributed by atoms with van der Waals surface area (Å²) in [5.41, 5.74) is 0. The van der Waals surface area contributed by atoms with E-state index in [-0.39, 0.29) is 31.1 Å². The Morgan fingerprint density at radius 2 is 0.487 bits per heavy atom. The van der Waals surface area contributed by atoms with Crippen LogP contribution in [0.3, 0.4) is 0 Å². The molecule has 0 fully saturated rings. The van der Waals surface area contributed by atoms with E-state index in [1.54, 1.807) is 0 Å². The second-order valence-corrected chi connectivity index (χ2v) is 23.4. The van der Waals surface area contributed by atoms with Crippen molar-refractivity contribution in [2.45, 2.75) is 367 Å². The maximum absolute atomic E-state index is 12.9. The molecule has 0 aromatic carbocycles. The van der Waals surface area contributed by atoms with Gasteiger partial charge in [-0.2, -0.15) is 0 Å². The molecule has 6 nitrogen and oxygen atoms in total. The van der Waals surface area contributed by atoms with Gasteiger partial charge in [0.1, 0.15) is 13.2 Å². The molecule has 0 aromatic rings. The van der Waals surface area contributed by atoms with E-state index in [2.05, 4.69) is 93.7 Å². The molecule has 6 heteroatoms. The number of carbonyl (C=O) groups excluding carboxylic acids is 3. The van der Waals surface area contributed by atoms with E-state index in [4.69, 9.17) is 14.2 Å². The van der Waals surface area contributed by atoms with Gasteiger partial charge in [-0.05, 0) is 89.9 Å². The lowest BCUT2D eigenvalue weighted by Crippen LogP contribution is -2.30. The van der Waals surface area contributed by atoms with Crippen LogP contribution >= 0.6 is 0 Å². The molecule has 0 saturated heterocycles. The Labute approximate surface area is 497 Å². The summed E-state index contributed by atoms with van der Waals surface area (Å²) < 4.78 is 16.9. The minimum absolute atomic E-state index is 0.0737. The highest BCUT2D eigenvalue weighted by Crippen LogP contribution is 2.18. The molecule has 0 N–H and O–H groups in total. The number of hydrogen-bond donors (Lipinski definition) is 0. The van der Waals surface area contributed by atoms with E-state index in [0.29, 0.717) is 19.3 Å². The molecular weight excluding hydrogens is 985 g/mol. The van der Waals surface area contributed by atoms with Gasteiger partial charge in [-0.3, -0.25) is 14.4 Å². The van der Waals surface area contributed by atoms with Crippen LogP contribution in [0.4, 0.5) is 0 Å². The molecule has 464 valence electrons. The third-order valence-corrected chi connectivity index (χ3v) is 15.4. The molecule has 1 atom stereocenters. The van der Waals surface area contributed by atoms with E-state index in [9.17, 15) is 14.4 Å². The smallest absolute Gasteiger partial charge is 0.306 e. The number of carbonyl (C=O) groups is 3. The zero-order chi connectivity index (χ0) is 57.8. The monoisotopic (exact) mass is 1120 g/mol. The van der Waals surface area contributed by atoms with Gasteiger partial charge in [0.25, 0.3) is 0 Å². The van der Waals surface area contributed by atoms with Crippen molar-refractivity contribution in [1.29, 1.82) is 0 Å². The fourth-order valence-electron chi connectivity index (χ4n) is 10.2. The summed E-state index contributed by atoms with van der Waals surface area (Å²) in [5, 5.41) is 0. The first kappa shape index (κ1) is 76.9. The zero-order valence-corrected chi connectivity index (χ0v) is 53.3. The van der Waals surface area contributed by atoms with E-state index in [1.165, 1.54) is 225 Å². The molecule has 0 aromatic heterocycles. The molecule has 0 aliphatic rings. The third kappa shape index (κ3) is 65.7. The van der Waals surface area contributed by atoms with Crippen molar-refractivity contribution in [2.75, 3.05) is 13.2 Å². The lowest BCUT2D eigenvalue weighted by molar-refractivity contribution is -0.167. The van der Waals surface area contributed by atoms with E-state index in [1.807, 2.05) is 0 Å². The first-order valence-corrected chi connectivity index (χ1v) is 34.9. The van der Waals surface area contributed by atoms with Crippen LogP contribution < -0.4 is 0 Å². The Morgan fingerprint density at radius 1 is 0.263 bits per heavy atom. The molecule has 0 aliphatic heterocycles. The van der Waals surface area contributed by atoms with Gasteiger partial charge in [-0.1, -0.05) is 325 Å². The van der Waals surface area contributed by atoms with Crippen molar-refractivity contribution in [3.05, 3.63) is 72.9 Å². The molecule has 0 bridgehead atoms. The first-order chi connectivity index (χ1) is 39.5. The number of esters is 3. The molecule has 0 rings (SSSR count). The van der Waals surface area contributed by atoms with Crippen molar-refractivity contribution >= 4 is 17.9 Å². The zero-order valence-electron chi connectivity index (χ0n) is 53.3. The van der Waals surface area contributed by atoms with Crippen LogP contribution in [0.1, 0.15) is 361 Å². The number of ether oxygens (including phenoxy) is 3. The average Bonchev–Trinajstić information content (AvgIpc) is 3.46. The van der Waals surface area contributed by atoms with Gasteiger partial charge < -0.3 is 14.2 Å². The van der Waals surface area contributed by atoms with Crippen LogP contribution in [0.15, 0.2) is 72.9 Å². The lowest BCUT2D eigenvalue weighted by Gasteiger charge is -2.18. The second kappa shape index (κ2) is 68.3. The van der Waals surface area contributed by atoms with Crippen molar-refractivity contribution in [3.63, 3.8) is 0 Å². The topological polar surface area (TPSA) is 78.9 Å². The standard InChI is InChI=1S/C74H132O6/c1-4-7-10-13-16-19-22-24-26-28-30-32-34-36-37-39-40-42-44-46-48-50-52-55-58-61-64-67-73(76)79-70-71(69-78-72(75)66-63-60-57-54-21-18-15-12-9-6-3)80-74(77)68-65-62-59-56-53-51-49-47-45-43-41-38-35-33-31-29-27-25-23-20-17-14-11-8-5-2/h8,11,17,20,25,27-28,30-31,33,38,41,71H,4-7,9-10,12-16,18-19,21-24,26,29,32,34-37,39-40,42-70H2,1-3H3/b11-8-,20-17-,27-25-,30-28-,33-31-,41-38-. The van der Waals surface area contributed by atoms with Gasteiger partial charge in [-0.15, -0.1) is 0 Å². The largest absolute Gasteiger partial charge is 0.462 e. The molecule has 0 radical (unpaired) electrons. The van der Waals surface area contributed by atoms with Crippen molar-refractivity contribution < 1.29 is 28.6 Å². The fourth-order valence-corrected chi connectivity index (χ4v) is 10.2. The summed E-state index contributed by atoms with van der Waals surface area (Å²) in [6, 6.07) is 0. The van der Waals surface area contributed by atoms with Crippen LogP contribution in [0.2, 0.25) is 0 Å². The number of rotatable bonds is 64. The van der Waals surface area contributed by atoms with E-state index >= 15 is 0 Å². The Hall–Kier alpha value is -3.15. The Bertz CT molecular complexity index is 1470. The van der Waals surface area contributed by atoms with Crippen LogP contribution in [0, 0.1) is 0 Å². The first-order valence-electron chi connectivity index (χ1n) is 34.9. The quantitative estimate of drug-likeness (QED) is 0.0261. The maximum Gasteiger partial charge on any atom is 0.306 e. The summed E-state index contributed by atoms with van der Waals surface area (Å²) in [7, 11) is 0. The van der Waals surface area contributed by atoms with Gasteiger partial charge in [0, 0.05) is 19.3 Å². The molecule has 0 saturated carbocycles. The summed E-state index contributed by atoms with van der Waals surface area (Å²) in [4.78, 5) is 38.3. The molecule has 0 spiro atoms. The van der Waals surface area contributed by atoms with Gasteiger partial charge in [0.15, 0.2) is 6.10 Å². The fraction of sp³-hybridized carbons (Fsp3) is 0.797. The predicted octanol–water partition coefficient (Wildman–Crippen LogP) is 24.1. The molecule has 0 amide bonds. The maximum atomic E-state index is 12.9. The normalized spacial score (nSPS) is 12.5. The van der Waals surface area contributed by atoms with Crippen molar-refractivity contribution in [2.24, 2.45) is 0 Å². The van der Waals surface area contributed by atoms with Gasteiger partial charge in [0.05, 0.1) is 0 Å². The minimum atomic E-state index is -0.777. The van der Waals surface area contributed by atoms with E-state index in [0.717, 1.165) is 96.3 Å². The van der Waals surface area contributed by atoms with Crippen molar-refractivity contribution in [1.82, 2.24) is 0 Å². The molecule has 0 heterocycles. The number of hydrogen-bond acceptors (Lipinski definition) is 6. The molecule has 0 aliphatic carbocycles. The predicted molar refractivity (Wildman–Crippen MR) is 348 cm³/mol. The Morgan fingerprint density at radius 3 is 0.775 bits per heavy atom. The Kier molecular flexibility index (Phi) is 65.7. The van der Waals surface area contributed by atoms with Crippen LogP contribution in [0.25, 0.3) is 0 Å². The molecule has 1 unspecified atom stereocenters. The van der Waals surface area contributed by atoms with Crippen LogP contribution in [-0.4, -0.2) is 37.2 Å². The molecular formula is C74H132O6. The Balaban J connectivity index is 4.19. The highest BCUT2D eigenvalue weighted by molar-refractivity contribution is 5.71. The van der Waals surface area contributed by atoms with Gasteiger partial charge >= 0.3 is 17.9 Å². The average molecular weight is 1120 g/mol. The second-order valence-electron chi connectivity index (χ2n) is 23.4. The highest BCUT2D eigenvalue weighted by atomic mass is 16.6. The summed E-state index contributed by atoms with van der Waals surface area (Å²) >= 11 is 0. The van der Waals surface area contributed by atoms with Gasteiger partial charge in [0.2, 0.25) is 0 Å². The van der Waals surface area contributed by atoms with Crippen molar-refractivity contribution in [3.8, 4) is 0 Å². The van der Waals surface area contributed by atoms with Gasteiger partial charge in [-0.25, -0.2) is 0 Å². The minimum Gasteiger partial charge on any atom is -0.462 e. The van der Waals surface area contributed by atoms with Crippen LogP contribution in [-0.2, 0) is 28.6 Å². The number of allylic oxidation sites excluding steroid dienone is 12. The summed E-state index contributed by atoms with van der Waals surface area (Å²) in [5.74, 6) is -0.862. The van der Waals surface area contributed by atoms with E-state index < -0.39 is 6.10 Å². The number of unbranched alkanes of at least 4 members (excludes halogenated alkanes) is 41.